The molecule has 190 valence electrons. The van der Waals surface area contributed by atoms with Crippen LogP contribution in [0.5, 0.6) is 11.5 Å². The molecule has 3 amide bonds. The third-order valence-electron chi connectivity index (χ3n) is 6.42. The number of rotatable bonds is 10. The van der Waals surface area contributed by atoms with E-state index in [1.165, 1.54) is 0 Å². The number of aromatic nitrogens is 1. The van der Waals surface area contributed by atoms with Crippen LogP contribution in [-0.4, -0.2) is 52.5 Å². The van der Waals surface area contributed by atoms with Gasteiger partial charge in [-0.2, -0.15) is 0 Å². The number of amides is 3. The Balaban J connectivity index is 1.57. The van der Waals surface area contributed by atoms with Crippen molar-refractivity contribution in [3.8, 4) is 11.5 Å². The van der Waals surface area contributed by atoms with Crippen LogP contribution in [0.25, 0.3) is 0 Å². The van der Waals surface area contributed by atoms with Gasteiger partial charge in [0.25, 0.3) is 0 Å². The summed E-state index contributed by atoms with van der Waals surface area (Å²) in [5, 5.41) is 2.96. The summed E-state index contributed by atoms with van der Waals surface area (Å²) in [4.78, 5) is 30.0. The standard InChI is InChI=1S/C29H36N4O3/c1-3-5-16-30-29(35)32(17-4-2)22-27(34)33-20-19-31-18-10-15-26(31)28(33)23-11-9-14-25(21-23)36-24-12-7-6-8-13-24/h6-15,18,21,28H,3-5,16-17,19-20,22H2,1-2H3,(H,30,35). The molecule has 2 aromatic carbocycles. The maximum absolute atomic E-state index is 13.7. The molecule has 3 aromatic rings. The molecular formula is C29H36N4O3. The number of fused-ring (bicyclic) bond motifs is 1. The molecule has 4 rings (SSSR count). The number of hydrogen-bond donors (Lipinski definition) is 1. The molecule has 1 aliphatic heterocycles. The van der Waals surface area contributed by atoms with Gasteiger partial charge in [-0.25, -0.2) is 4.79 Å². The number of urea groups is 1. The minimum absolute atomic E-state index is 0.0547. The van der Waals surface area contributed by atoms with Crippen molar-refractivity contribution in [2.45, 2.75) is 45.7 Å². The van der Waals surface area contributed by atoms with Crippen LogP contribution in [0.1, 0.15) is 50.4 Å². The van der Waals surface area contributed by atoms with Crippen LogP contribution in [0, 0.1) is 0 Å². The molecule has 0 spiro atoms. The summed E-state index contributed by atoms with van der Waals surface area (Å²) in [6.45, 7) is 6.63. The van der Waals surface area contributed by atoms with E-state index in [0.29, 0.717) is 19.6 Å². The predicted molar refractivity (Wildman–Crippen MR) is 141 cm³/mol. The number of unbranched alkanes of at least 4 members (excludes halogenated alkanes) is 1. The largest absolute Gasteiger partial charge is 0.457 e. The van der Waals surface area contributed by atoms with Crippen molar-refractivity contribution in [1.82, 2.24) is 19.7 Å². The lowest BCUT2D eigenvalue weighted by atomic mass is 9.99. The highest BCUT2D eigenvalue weighted by Crippen LogP contribution is 2.35. The second-order valence-electron chi connectivity index (χ2n) is 9.11. The van der Waals surface area contributed by atoms with Crippen LogP contribution in [-0.2, 0) is 11.3 Å². The normalized spacial score (nSPS) is 14.7. The quantitative estimate of drug-likeness (QED) is 0.387. The summed E-state index contributed by atoms with van der Waals surface area (Å²) in [5.74, 6) is 1.43. The molecule has 0 aliphatic carbocycles. The minimum atomic E-state index is -0.257. The molecule has 0 fully saturated rings. The zero-order valence-corrected chi connectivity index (χ0v) is 21.2. The van der Waals surface area contributed by atoms with Crippen molar-refractivity contribution in [3.63, 3.8) is 0 Å². The van der Waals surface area contributed by atoms with Crippen LogP contribution in [0.2, 0.25) is 0 Å². The summed E-state index contributed by atoms with van der Waals surface area (Å²) in [7, 11) is 0. The van der Waals surface area contributed by atoms with E-state index in [2.05, 4.69) is 29.1 Å². The first-order valence-corrected chi connectivity index (χ1v) is 12.9. The van der Waals surface area contributed by atoms with Gasteiger partial charge in [0.1, 0.15) is 18.0 Å². The van der Waals surface area contributed by atoms with Gasteiger partial charge in [-0.1, -0.05) is 50.6 Å². The molecule has 7 heteroatoms. The molecule has 1 unspecified atom stereocenters. The lowest BCUT2D eigenvalue weighted by Gasteiger charge is -2.38. The molecular weight excluding hydrogens is 452 g/mol. The highest BCUT2D eigenvalue weighted by Gasteiger charge is 2.33. The molecule has 0 saturated carbocycles. The van der Waals surface area contributed by atoms with Crippen LogP contribution in [0.4, 0.5) is 4.79 Å². The fourth-order valence-corrected chi connectivity index (χ4v) is 4.64. The number of carbonyl (C=O) groups excluding carboxylic acids is 2. The van der Waals surface area contributed by atoms with Crippen molar-refractivity contribution in [2.24, 2.45) is 0 Å². The topological polar surface area (TPSA) is 66.8 Å². The van der Waals surface area contributed by atoms with Crippen molar-refractivity contribution < 1.29 is 14.3 Å². The lowest BCUT2D eigenvalue weighted by Crippen LogP contribution is -2.50. The Bertz CT molecular complexity index is 1140. The molecule has 1 aromatic heterocycles. The Hall–Kier alpha value is -3.74. The Morgan fingerprint density at radius 2 is 1.78 bits per heavy atom. The van der Waals surface area contributed by atoms with E-state index < -0.39 is 0 Å². The summed E-state index contributed by atoms with van der Waals surface area (Å²) in [6, 6.07) is 21.2. The van der Waals surface area contributed by atoms with Gasteiger partial charge >= 0.3 is 6.03 Å². The van der Waals surface area contributed by atoms with Gasteiger partial charge in [0.05, 0.1) is 6.04 Å². The van der Waals surface area contributed by atoms with Crippen LogP contribution in [0.3, 0.4) is 0 Å². The third-order valence-corrected chi connectivity index (χ3v) is 6.42. The molecule has 2 heterocycles. The van der Waals surface area contributed by atoms with Gasteiger partial charge in [-0.05, 0) is 54.8 Å². The van der Waals surface area contributed by atoms with Gasteiger partial charge in [-0.3, -0.25) is 4.79 Å². The van der Waals surface area contributed by atoms with E-state index in [9.17, 15) is 9.59 Å². The average Bonchev–Trinajstić information content (AvgIpc) is 3.37. The van der Waals surface area contributed by atoms with Crippen molar-refractivity contribution >= 4 is 11.9 Å². The Morgan fingerprint density at radius 3 is 2.56 bits per heavy atom. The van der Waals surface area contributed by atoms with E-state index in [-0.39, 0.29) is 24.5 Å². The Morgan fingerprint density at radius 1 is 0.972 bits per heavy atom. The van der Waals surface area contributed by atoms with Crippen LogP contribution >= 0.6 is 0 Å². The summed E-state index contributed by atoms with van der Waals surface area (Å²) in [6.07, 6.45) is 4.78. The van der Waals surface area contributed by atoms with E-state index >= 15 is 0 Å². The van der Waals surface area contributed by atoms with Crippen LogP contribution < -0.4 is 10.1 Å². The smallest absolute Gasteiger partial charge is 0.317 e. The predicted octanol–water partition coefficient (Wildman–Crippen LogP) is 5.43. The lowest BCUT2D eigenvalue weighted by molar-refractivity contribution is -0.134. The molecule has 0 bridgehead atoms. The van der Waals surface area contributed by atoms with Crippen molar-refractivity contribution in [3.05, 3.63) is 84.2 Å². The second-order valence-corrected chi connectivity index (χ2v) is 9.11. The fraction of sp³-hybridized carbons (Fsp3) is 0.379. The molecule has 7 nitrogen and oxygen atoms in total. The first kappa shape index (κ1) is 25.4. The minimum Gasteiger partial charge on any atom is -0.457 e. The Kier molecular flexibility index (Phi) is 8.66. The maximum Gasteiger partial charge on any atom is 0.317 e. The maximum atomic E-state index is 13.7. The van der Waals surface area contributed by atoms with E-state index in [1.54, 1.807) is 4.90 Å². The number of ether oxygens (including phenoxy) is 1. The van der Waals surface area contributed by atoms with Crippen LogP contribution in [0.15, 0.2) is 72.9 Å². The summed E-state index contributed by atoms with van der Waals surface area (Å²) >= 11 is 0. The monoisotopic (exact) mass is 488 g/mol. The highest BCUT2D eigenvalue weighted by atomic mass is 16.5. The van der Waals surface area contributed by atoms with Crippen molar-refractivity contribution in [1.29, 1.82) is 0 Å². The number of carbonyl (C=O) groups is 2. The first-order valence-electron chi connectivity index (χ1n) is 12.9. The number of hydrogen-bond acceptors (Lipinski definition) is 3. The first-order chi connectivity index (χ1) is 17.6. The molecule has 1 N–H and O–H groups in total. The molecule has 1 atom stereocenters. The van der Waals surface area contributed by atoms with E-state index in [0.717, 1.165) is 48.6 Å². The SMILES string of the molecule is CCCCNC(=O)N(CCC)CC(=O)N1CCn2cccc2C1c1cccc(Oc2ccccc2)c1. The van der Waals surface area contributed by atoms with Gasteiger partial charge in [0, 0.05) is 38.1 Å². The van der Waals surface area contributed by atoms with Crippen molar-refractivity contribution in [2.75, 3.05) is 26.2 Å². The summed E-state index contributed by atoms with van der Waals surface area (Å²) in [5.41, 5.74) is 2.03. The Labute approximate surface area is 213 Å². The van der Waals surface area contributed by atoms with Gasteiger partial charge in [0.2, 0.25) is 5.91 Å². The second kappa shape index (κ2) is 12.3. The van der Waals surface area contributed by atoms with Gasteiger partial charge < -0.3 is 24.4 Å². The van der Waals surface area contributed by atoms with E-state index in [1.807, 2.05) is 72.5 Å². The number of nitrogens with zero attached hydrogens (tertiary/aromatic N) is 3. The summed E-state index contributed by atoms with van der Waals surface area (Å²) < 4.78 is 8.27. The molecule has 0 radical (unpaired) electrons. The fourth-order valence-electron chi connectivity index (χ4n) is 4.64. The van der Waals surface area contributed by atoms with Gasteiger partial charge in [-0.15, -0.1) is 0 Å². The molecule has 36 heavy (non-hydrogen) atoms. The number of benzene rings is 2. The zero-order chi connectivity index (χ0) is 25.3. The number of nitrogens with one attached hydrogen (secondary N) is 1. The highest BCUT2D eigenvalue weighted by molar-refractivity contribution is 5.84. The average molecular weight is 489 g/mol. The third kappa shape index (κ3) is 6.08. The van der Waals surface area contributed by atoms with E-state index in [4.69, 9.17) is 4.74 Å². The molecule has 0 saturated heterocycles. The van der Waals surface area contributed by atoms with Gasteiger partial charge in [0.15, 0.2) is 0 Å². The molecule has 1 aliphatic rings. The zero-order valence-electron chi connectivity index (χ0n) is 21.2. The number of para-hydroxylation sites is 1.